The number of rotatable bonds is 5. The summed E-state index contributed by atoms with van der Waals surface area (Å²) in [4.78, 5) is 14.7. The molecule has 5 nitrogen and oxygen atoms in total. The lowest BCUT2D eigenvalue weighted by molar-refractivity contribution is -0.126. The van der Waals surface area contributed by atoms with Crippen LogP contribution in [0.15, 0.2) is 24.3 Å². The number of hydrogen-bond acceptors (Lipinski definition) is 4. The lowest BCUT2D eigenvalue weighted by Crippen LogP contribution is -2.45. The van der Waals surface area contributed by atoms with Gasteiger partial charge < -0.3 is 15.4 Å². The molecule has 1 aromatic rings. The van der Waals surface area contributed by atoms with Crippen molar-refractivity contribution in [2.75, 3.05) is 45.9 Å². The summed E-state index contributed by atoms with van der Waals surface area (Å²) in [5.41, 5.74) is 1.03. The fourth-order valence-corrected chi connectivity index (χ4v) is 3.46. The first-order valence-electron chi connectivity index (χ1n) is 8.80. The van der Waals surface area contributed by atoms with Gasteiger partial charge in [0, 0.05) is 25.6 Å². The van der Waals surface area contributed by atoms with Gasteiger partial charge in [-0.05, 0) is 43.6 Å². The standard InChI is InChI=1S/C18H26FN3O2.ClH/c19-16-3-1-14(2-4-16)17(22-9-11-24-12-10-22)13-21-18(23)15-5-7-20-8-6-15;/h1-4,15,17,20H,5-13H2,(H,21,23);1H. The molecule has 25 heavy (non-hydrogen) atoms. The SMILES string of the molecule is Cl.O=C(NCC(c1ccc(F)cc1)N1CCOCC1)C1CCNCC1. The van der Waals surface area contributed by atoms with Gasteiger partial charge in [0.25, 0.3) is 0 Å². The lowest BCUT2D eigenvalue weighted by Gasteiger charge is -2.35. The molecule has 2 aliphatic rings. The Morgan fingerprint density at radius 3 is 2.52 bits per heavy atom. The molecule has 2 N–H and O–H groups in total. The van der Waals surface area contributed by atoms with Crippen LogP contribution in [-0.2, 0) is 9.53 Å². The minimum Gasteiger partial charge on any atom is -0.379 e. The van der Waals surface area contributed by atoms with E-state index in [4.69, 9.17) is 4.74 Å². The Morgan fingerprint density at radius 2 is 1.88 bits per heavy atom. The van der Waals surface area contributed by atoms with E-state index in [0.29, 0.717) is 19.8 Å². The monoisotopic (exact) mass is 371 g/mol. The third-order valence-corrected chi connectivity index (χ3v) is 4.92. The fraction of sp³-hybridized carbons (Fsp3) is 0.611. The van der Waals surface area contributed by atoms with Crippen LogP contribution in [0.3, 0.4) is 0 Å². The molecule has 7 heteroatoms. The van der Waals surface area contributed by atoms with Crippen LogP contribution >= 0.6 is 12.4 Å². The second kappa shape index (κ2) is 10.1. The van der Waals surface area contributed by atoms with Gasteiger partial charge in [-0.25, -0.2) is 4.39 Å². The summed E-state index contributed by atoms with van der Waals surface area (Å²) in [7, 11) is 0. The molecule has 1 unspecified atom stereocenters. The van der Waals surface area contributed by atoms with Crippen molar-refractivity contribution in [3.63, 3.8) is 0 Å². The average Bonchev–Trinajstić information content (AvgIpc) is 2.65. The van der Waals surface area contributed by atoms with Crippen LogP contribution in [-0.4, -0.2) is 56.7 Å². The van der Waals surface area contributed by atoms with E-state index in [1.807, 2.05) is 12.1 Å². The summed E-state index contributed by atoms with van der Waals surface area (Å²) in [5.74, 6) is -0.0000956. The summed E-state index contributed by atoms with van der Waals surface area (Å²) in [6.45, 7) is 5.40. The highest BCUT2D eigenvalue weighted by atomic mass is 35.5. The zero-order chi connectivity index (χ0) is 16.8. The predicted molar refractivity (Wildman–Crippen MR) is 97.4 cm³/mol. The van der Waals surface area contributed by atoms with Gasteiger partial charge in [0.2, 0.25) is 5.91 Å². The molecular weight excluding hydrogens is 345 g/mol. The molecule has 1 aromatic carbocycles. The number of amides is 1. The van der Waals surface area contributed by atoms with Crippen LogP contribution in [0.5, 0.6) is 0 Å². The van der Waals surface area contributed by atoms with E-state index in [1.54, 1.807) is 0 Å². The lowest BCUT2D eigenvalue weighted by atomic mass is 9.97. The smallest absolute Gasteiger partial charge is 0.223 e. The van der Waals surface area contributed by atoms with E-state index in [1.165, 1.54) is 12.1 Å². The minimum atomic E-state index is -0.238. The second-order valence-corrected chi connectivity index (χ2v) is 6.49. The molecule has 0 saturated carbocycles. The summed E-state index contributed by atoms with van der Waals surface area (Å²) >= 11 is 0. The number of benzene rings is 1. The van der Waals surface area contributed by atoms with Crippen LogP contribution in [0.2, 0.25) is 0 Å². The number of piperidine rings is 1. The number of carbonyl (C=O) groups is 1. The first kappa shape index (κ1) is 20.1. The molecule has 140 valence electrons. The van der Waals surface area contributed by atoms with E-state index < -0.39 is 0 Å². The summed E-state index contributed by atoms with van der Waals surface area (Å²) < 4.78 is 18.7. The highest BCUT2D eigenvalue weighted by Crippen LogP contribution is 2.22. The van der Waals surface area contributed by atoms with Crippen molar-refractivity contribution in [1.29, 1.82) is 0 Å². The number of ether oxygens (including phenoxy) is 1. The Hall–Kier alpha value is -1.21. The van der Waals surface area contributed by atoms with Gasteiger partial charge >= 0.3 is 0 Å². The van der Waals surface area contributed by atoms with Crippen LogP contribution in [0, 0.1) is 11.7 Å². The van der Waals surface area contributed by atoms with Crippen LogP contribution in [0.1, 0.15) is 24.4 Å². The van der Waals surface area contributed by atoms with E-state index in [9.17, 15) is 9.18 Å². The van der Waals surface area contributed by atoms with Crippen molar-refractivity contribution in [2.24, 2.45) is 5.92 Å². The molecular formula is C18H27ClFN3O2. The van der Waals surface area contributed by atoms with Gasteiger partial charge in [-0.15, -0.1) is 12.4 Å². The normalized spacial score (nSPS) is 20.5. The van der Waals surface area contributed by atoms with Crippen molar-refractivity contribution in [3.05, 3.63) is 35.6 Å². The first-order valence-corrected chi connectivity index (χ1v) is 8.80. The van der Waals surface area contributed by atoms with E-state index in [0.717, 1.165) is 44.6 Å². The number of nitrogens with zero attached hydrogens (tertiary/aromatic N) is 1. The molecule has 3 rings (SSSR count). The number of carbonyl (C=O) groups excluding carboxylic acids is 1. The van der Waals surface area contributed by atoms with Crippen LogP contribution < -0.4 is 10.6 Å². The Labute approximate surface area is 154 Å². The highest BCUT2D eigenvalue weighted by molar-refractivity contribution is 5.85. The third kappa shape index (κ3) is 5.64. The molecule has 1 amide bonds. The topological polar surface area (TPSA) is 53.6 Å². The van der Waals surface area contributed by atoms with E-state index in [-0.39, 0.29) is 36.1 Å². The number of morpholine rings is 1. The minimum absolute atomic E-state index is 0. The molecule has 2 fully saturated rings. The van der Waals surface area contributed by atoms with Crippen molar-refractivity contribution >= 4 is 18.3 Å². The molecule has 2 heterocycles. The van der Waals surface area contributed by atoms with Crippen LogP contribution in [0.25, 0.3) is 0 Å². The Morgan fingerprint density at radius 1 is 1.24 bits per heavy atom. The molecule has 0 aromatic heterocycles. The van der Waals surface area contributed by atoms with Gasteiger partial charge in [0.1, 0.15) is 5.82 Å². The Bertz CT molecular complexity index is 532. The van der Waals surface area contributed by atoms with Crippen molar-refractivity contribution in [3.8, 4) is 0 Å². The quantitative estimate of drug-likeness (QED) is 0.827. The van der Waals surface area contributed by atoms with E-state index >= 15 is 0 Å². The molecule has 0 spiro atoms. The van der Waals surface area contributed by atoms with Gasteiger partial charge in [0.15, 0.2) is 0 Å². The molecule has 0 bridgehead atoms. The zero-order valence-electron chi connectivity index (χ0n) is 14.4. The summed E-state index contributed by atoms with van der Waals surface area (Å²) in [6, 6.07) is 6.65. The molecule has 2 aliphatic heterocycles. The van der Waals surface area contributed by atoms with Crippen molar-refractivity contribution in [1.82, 2.24) is 15.5 Å². The first-order chi connectivity index (χ1) is 11.7. The number of nitrogens with one attached hydrogen (secondary N) is 2. The Balaban J connectivity index is 0.00000225. The molecule has 0 aliphatic carbocycles. The summed E-state index contributed by atoms with van der Waals surface area (Å²) in [5, 5.41) is 6.40. The van der Waals surface area contributed by atoms with Crippen molar-refractivity contribution in [2.45, 2.75) is 18.9 Å². The predicted octanol–water partition coefficient (Wildman–Crippen LogP) is 1.74. The highest BCUT2D eigenvalue weighted by Gasteiger charge is 2.25. The maximum atomic E-state index is 13.2. The number of hydrogen-bond donors (Lipinski definition) is 2. The van der Waals surface area contributed by atoms with Crippen LogP contribution in [0.4, 0.5) is 4.39 Å². The van der Waals surface area contributed by atoms with Crippen molar-refractivity contribution < 1.29 is 13.9 Å². The zero-order valence-corrected chi connectivity index (χ0v) is 15.2. The Kier molecular flexibility index (Phi) is 8.09. The maximum Gasteiger partial charge on any atom is 0.223 e. The van der Waals surface area contributed by atoms with Gasteiger partial charge in [-0.2, -0.15) is 0 Å². The molecule has 1 atom stereocenters. The average molecular weight is 372 g/mol. The second-order valence-electron chi connectivity index (χ2n) is 6.49. The third-order valence-electron chi connectivity index (χ3n) is 4.92. The van der Waals surface area contributed by atoms with Gasteiger partial charge in [0.05, 0.1) is 19.3 Å². The molecule has 2 saturated heterocycles. The maximum absolute atomic E-state index is 13.2. The van der Waals surface area contributed by atoms with E-state index in [2.05, 4.69) is 15.5 Å². The largest absolute Gasteiger partial charge is 0.379 e. The number of halogens is 2. The van der Waals surface area contributed by atoms with Gasteiger partial charge in [-0.1, -0.05) is 12.1 Å². The molecule has 0 radical (unpaired) electrons. The van der Waals surface area contributed by atoms with Gasteiger partial charge in [-0.3, -0.25) is 9.69 Å². The summed E-state index contributed by atoms with van der Waals surface area (Å²) in [6.07, 6.45) is 1.79. The fourth-order valence-electron chi connectivity index (χ4n) is 3.46.